The molecule has 106 valence electrons. The number of nitrogens with zero attached hydrogens (tertiary/aromatic N) is 1. The van der Waals surface area contributed by atoms with E-state index in [1.54, 1.807) is 0 Å². The van der Waals surface area contributed by atoms with Crippen LogP contribution in [0.1, 0.15) is 41.0 Å². The number of carbonyl (C=O) groups is 1. The molecule has 0 saturated carbocycles. The Hall–Kier alpha value is -0.393. The summed E-state index contributed by atoms with van der Waals surface area (Å²) < 4.78 is 6.19. The van der Waals surface area contributed by atoms with Crippen LogP contribution in [-0.2, 0) is 9.22 Å². The summed E-state index contributed by atoms with van der Waals surface area (Å²) in [7, 11) is -1.91. The van der Waals surface area contributed by atoms with Crippen LogP contribution in [0.2, 0.25) is 18.1 Å². The molecule has 1 amide bonds. The third-order valence-electron chi connectivity index (χ3n) is 4.36. The number of hydrogen-bond acceptors (Lipinski definition) is 3. The predicted molar refractivity (Wildman–Crippen MR) is 76.3 cm³/mol. The van der Waals surface area contributed by atoms with Crippen LogP contribution in [0.25, 0.3) is 0 Å². The summed E-state index contributed by atoms with van der Waals surface area (Å²) in [6.45, 7) is 15.1. The molecule has 0 aromatic rings. The molecule has 1 aliphatic rings. The van der Waals surface area contributed by atoms with E-state index in [2.05, 4.69) is 47.7 Å². The standard InChI is InChI=1S/C13H28N2O2Si/c1-9(2)10-8-11(12(16)15(10)14)17-18(6,7)13(3,4)5/h9-11H,8,14H2,1-7H3. The fourth-order valence-corrected chi connectivity index (χ4v) is 3.25. The molecule has 0 radical (unpaired) electrons. The van der Waals surface area contributed by atoms with E-state index >= 15 is 0 Å². The molecule has 18 heavy (non-hydrogen) atoms. The molecule has 0 aromatic carbocycles. The van der Waals surface area contributed by atoms with Gasteiger partial charge in [0.05, 0.1) is 6.04 Å². The van der Waals surface area contributed by atoms with Crippen molar-refractivity contribution < 1.29 is 9.22 Å². The Balaban J connectivity index is 2.79. The topological polar surface area (TPSA) is 55.6 Å². The van der Waals surface area contributed by atoms with E-state index in [0.29, 0.717) is 5.92 Å². The largest absolute Gasteiger partial charge is 0.405 e. The van der Waals surface area contributed by atoms with Crippen LogP contribution in [0.5, 0.6) is 0 Å². The first-order valence-corrected chi connectivity index (χ1v) is 9.64. The van der Waals surface area contributed by atoms with Crippen molar-refractivity contribution >= 4 is 14.2 Å². The molecule has 0 spiro atoms. The van der Waals surface area contributed by atoms with E-state index in [0.717, 1.165) is 6.42 Å². The Morgan fingerprint density at radius 2 is 1.89 bits per heavy atom. The molecule has 1 saturated heterocycles. The zero-order valence-corrected chi connectivity index (χ0v) is 13.8. The fraction of sp³-hybridized carbons (Fsp3) is 0.923. The molecule has 0 aliphatic carbocycles. The molecule has 2 unspecified atom stereocenters. The van der Waals surface area contributed by atoms with Gasteiger partial charge >= 0.3 is 0 Å². The van der Waals surface area contributed by atoms with Gasteiger partial charge in [-0.2, -0.15) is 0 Å². The Bertz CT molecular complexity index is 323. The predicted octanol–water partition coefficient (Wildman–Crippen LogP) is 2.51. The minimum absolute atomic E-state index is 0.0569. The average molecular weight is 272 g/mol. The number of hydrazine groups is 1. The van der Waals surface area contributed by atoms with Crippen LogP contribution >= 0.6 is 0 Å². The van der Waals surface area contributed by atoms with E-state index in [1.807, 2.05) is 0 Å². The van der Waals surface area contributed by atoms with Crippen LogP contribution in [-0.4, -0.2) is 31.4 Å². The van der Waals surface area contributed by atoms with E-state index < -0.39 is 8.32 Å². The molecular formula is C13H28N2O2Si. The van der Waals surface area contributed by atoms with Gasteiger partial charge in [-0.05, 0) is 24.1 Å². The van der Waals surface area contributed by atoms with Crippen LogP contribution < -0.4 is 5.84 Å². The maximum absolute atomic E-state index is 12.1. The van der Waals surface area contributed by atoms with E-state index in [4.69, 9.17) is 10.3 Å². The highest BCUT2D eigenvalue weighted by Gasteiger charge is 2.46. The third-order valence-corrected chi connectivity index (χ3v) is 8.84. The Labute approximate surface area is 112 Å². The number of hydrogen-bond donors (Lipinski definition) is 1. The van der Waals surface area contributed by atoms with Crippen LogP contribution in [0, 0.1) is 5.92 Å². The number of rotatable bonds is 3. The Morgan fingerprint density at radius 3 is 2.22 bits per heavy atom. The molecule has 5 heteroatoms. The van der Waals surface area contributed by atoms with Crippen LogP contribution in [0.15, 0.2) is 0 Å². The highest BCUT2D eigenvalue weighted by atomic mass is 28.4. The van der Waals surface area contributed by atoms with E-state index in [-0.39, 0.29) is 23.1 Å². The number of carbonyl (C=O) groups excluding carboxylic acids is 1. The third kappa shape index (κ3) is 2.95. The van der Waals surface area contributed by atoms with Crippen molar-refractivity contribution in [3.63, 3.8) is 0 Å². The van der Waals surface area contributed by atoms with Gasteiger partial charge in [-0.1, -0.05) is 34.6 Å². The summed E-state index contributed by atoms with van der Waals surface area (Å²) in [5, 5.41) is 1.49. The molecule has 1 heterocycles. The first-order chi connectivity index (χ1) is 7.97. The summed E-state index contributed by atoms with van der Waals surface area (Å²) in [6.07, 6.45) is 0.378. The van der Waals surface area contributed by atoms with Crippen molar-refractivity contribution in [2.45, 2.75) is 71.3 Å². The van der Waals surface area contributed by atoms with Crippen molar-refractivity contribution in [2.24, 2.45) is 11.8 Å². The summed E-state index contributed by atoms with van der Waals surface area (Å²) in [5.41, 5.74) is 0. The molecule has 4 nitrogen and oxygen atoms in total. The minimum atomic E-state index is -1.91. The molecule has 2 N–H and O–H groups in total. The lowest BCUT2D eigenvalue weighted by Gasteiger charge is -2.37. The number of nitrogens with two attached hydrogens (primary N) is 1. The van der Waals surface area contributed by atoms with Gasteiger partial charge in [0.2, 0.25) is 0 Å². The maximum Gasteiger partial charge on any atom is 0.264 e. The van der Waals surface area contributed by atoms with Crippen molar-refractivity contribution in [3.8, 4) is 0 Å². The molecule has 0 aromatic heterocycles. The summed E-state index contributed by atoms with van der Waals surface area (Å²) >= 11 is 0. The quantitative estimate of drug-likeness (QED) is 0.488. The van der Waals surface area contributed by atoms with Crippen molar-refractivity contribution in [1.29, 1.82) is 0 Å². The first-order valence-electron chi connectivity index (χ1n) is 6.73. The zero-order chi connectivity index (χ0) is 14.3. The second-order valence-corrected chi connectivity index (χ2v) is 11.9. The molecule has 1 fully saturated rings. The zero-order valence-electron chi connectivity index (χ0n) is 12.8. The highest BCUT2D eigenvalue weighted by Crippen LogP contribution is 2.39. The summed E-state index contributed by atoms with van der Waals surface area (Å²) in [6, 6.07) is 0.104. The average Bonchev–Trinajstić information content (AvgIpc) is 2.44. The van der Waals surface area contributed by atoms with Gasteiger partial charge < -0.3 is 4.43 Å². The van der Waals surface area contributed by atoms with Gasteiger partial charge in [0.15, 0.2) is 8.32 Å². The van der Waals surface area contributed by atoms with Crippen molar-refractivity contribution in [2.75, 3.05) is 0 Å². The van der Waals surface area contributed by atoms with Crippen LogP contribution in [0.3, 0.4) is 0 Å². The number of amides is 1. The first kappa shape index (κ1) is 15.7. The van der Waals surface area contributed by atoms with Crippen molar-refractivity contribution in [3.05, 3.63) is 0 Å². The lowest BCUT2D eigenvalue weighted by Crippen LogP contribution is -2.47. The normalized spacial score (nSPS) is 26.3. The highest BCUT2D eigenvalue weighted by molar-refractivity contribution is 6.74. The van der Waals surface area contributed by atoms with E-state index in [1.165, 1.54) is 5.01 Å². The molecular weight excluding hydrogens is 244 g/mol. The summed E-state index contributed by atoms with van der Waals surface area (Å²) in [4.78, 5) is 12.1. The van der Waals surface area contributed by atoms with Crippen LogP contribution in [0.4, 0.5) is 0 Å². The smallest absolute Gasteiger partial charge is 0.264 e. The molecule has 1 rings (SSSR count). The van der Waals surface area contributed by atoms with Gasteiger partial charge in [0, 0.05) is 6.42 Å². The molecule has 2 atom stereocenters. The van der Waals surface area contributed by atoms with Crippen molar-refractivity contribution in [1.82, 2.24) is 5.01 Å². The van der Waals surface area contributed by atoms with E-state index in [9.17, 15) is 4.79 Å². The SMILES string of the molecule is CC(C)C1CC(O[Si](C)(C)C(C)(C)C)C(=O)N1N. The van der Waals surface area contributed by atoms with Gasteiger partial charge in [-0.15, -0.1) is 0 Å². The lowest BCUT2D eigenvalue weighted by atomic mass is 10.0. The molecule has 0 bridgehead atoms. The summed E-state index contributed by atoms with van der Waals surface area (Å²) in [5.74, 6) is 6.17. The van der Waals surface area contributed by atoms with Gasteiger partial charge in [0.25, 0.3) is 5.91 Å². The fourth-order valence-electron chi connectivity index (χ4n) is 1.99. The second kappa shape index (κ2) is 4.94. The Kier molecular flexibility index (Phi) is 4.30. The van der Waals surface area contributed by atoms with Gasteiger partial charge in [-0.25, -0.2) is 5.84 Å². The van der Waals surface area contributed by atoms with Gasteiger partial charge in [0.1, 0.15) is 6.10 Å². The second-order valence-electron chi connectivity index (χ2n) is 7.16. The Morgan fingerprint density at radius 1 is 1.39 bits per heavy atom. The lowest BCUT2D eigenvalue weighted by molar-refractivity contribution is -0.135. The monoisotopic (exact) mass is 272 g/mol. The molecule has 1 aliphatic heterocycles. The van der Waals surface area contributed by atoms with Gasteiger partial charge in [-0.3, -0.25) is 9.80 Å². The maximum atomic E-state index is 12.1. The minimum Gasteiger partial charge on any atom is -0.405 e.